The second-order valence-corrected chi connectivity index (χ2v) is 10.8. The Balaban J connectivity index is 1.46. The first-order valence-corrected chi connectivity index (χ1v) is 12.3. The lowest BCUT2D eigenvalue weighted by Gasteiger charge is -2.31. The second-order valence-electron chi connectivity index (χ2n) is 6.95. The molecular weight excluding hydrogens is 473 g/mol. The van der Waals surface area contributed by atoms with Crippen LogP contribution in [0.4, 0.5) is 13.9 Å². The Morgan fingerprint density at radius 3 is 2.40 bits per heavy atom. The molecule has 0 bridgehead atoms. The van der Waals surface area contributed by atoms with Crippen molar-refractivity contribution in [3.63, 3.8) is 0 Å². The lowest BCUT2D eigenvalue weighted by Crippen LogP contribution is -2.39. The van der Waals surface area contributed by atoms with E-state index >= 15 is 0 Å². The van der Waals surface area contributed by atoms with E-state index in [0.29, 0.717) is 42.2 Å². The third-order valence-electron chi connectivity index (χ3n) is 5.08. The monoisotopic (exact) mass is 488 g/mol. The SMILES string of the molecule is O=S(=O)(c1ccc(Cl)c(Cl)c1)C1CCN(c2nc(-c3ccc(F)c(F)c3)cs2)CC1. The third-order valence-corrected chi connectivity index (χ3v) is 8.98. The van der Waals surface area contributed by atoms with Crippen LogP contribution in [-0.4, -0.2) is 31.7 Å². The molecule has 0 radical (unpaired) electrons. The van der Waals surface area contributed by atoms with Crippen molar-refractivity contribution < 1.29 is 17.2 Å². The summed E-state index contributed by atoms with van der Waals surface area (Å²) in [6.07, 6.45) is 0.894. The molecule has 0 aliphatic carbocycles. The normalized spacial score (nSPS) is 15.5. The number of benzene rings is 2. The van der Waals surface area contributed by atoms with E-state index in [1.54, 1.807) is 5.38 Å². The molecule has 2 aromatic carbocycles. The van der Waals surface area contributed by atoms with Gasteiger partial charge in [-0.25, -0.2) is 22.2 Å². The zero-order valence-electron chi connectivity index (χ0n) is 15.5. The van der Waals surface area contributed by atoms with E-state index in [4.69, 9.17) is 23.2 Å². The van der Waals surface area contributed by atoms with Crippen LogP contribution in [0.25, 0.3) is 11.3 Å². The largest absolute Gasteiger partial charge is 0.348 e. The van der Waals surface area contributed by atoms with Crippen molar-refractivity contribution in [1.29, 1.82) is 0 Å². The molecule has 30 heavy (non-hydrogen) atoms. The Labute approximate surface area is 187 Å². The minimum absolute atomic E-state index is 0.172. The molecule has 0 unspecified atom stereocenters. The number of anilines is 1. The molecule has 1 saturated heterocycles. The van der Waals surface area contributed by atoms with Gasteiger partial charge in [0.2, 0.25) is 0 Å². The Morgan fingerprint density at radius 1 is 1.00 bits per heavy atom. The highest BCUT2D eigenvalue weighted by Gasteiger charge is 2.32. The molecule has 4 rings (SSSR count). The minimum atomic E-state index is -3.52. The predicted octanol–water partition coefficient (Wildman–Crippen LogP) is 5.84. The van der Waals surface area contributed by atoms with Crippen molar-refractivity contribution in [1.82, 2.24) is 4.98 Å². The van der Waals surface area contributed by atoms with Crippen LogP contribution in [-0.2, 0) is 9.84 Å². The number of sulfone groups is 1. The van der Waals surface area contributed by atoms with E-state index in [1.165, 1.54) is 35.6 Å². The molecule has 0 saturated carbocycles. The van der Waals surface area contributed by atoms with E-state index in [-0.39, 0.29) is 9.92 Å². The van der Waals surface area contributed by atoms with Gasteiger partial charge in [0.15, 0.2) is 26.6 Å². The molecule has 1 aliphatic rings. The number of halogens is 4. The molecule has 1 fully saturated rings. The van der Waals surface area contributed by atoms with Gasteiger partial charge in [0.25, 0.3) is 0 Å². The highest BCUT2D eigenvalue weighted by molar-refractivity contribution is 7.92. The van der Waals surface area contributed by atoms with E-state index in [9.17, 15) is 17.2 Å². The first-order valence-electron chi connectivity index (χ1n) is 9.10. The van der Waals surface area contributed by atoms with Crippen LogP contribution < -0.4 is 4.90 Å². The van der Waals surface area contributed by atoms with Crippen molar-refractivity contribution >= 4 is 49.5 Å². The number of piperidine rings is 1. The van der Waals surface area contributed by atoms with Crippen molar-refractivity contribution in [2.75, 3.05) is 18.0 Å². The summed E-state index contributed by atoms with van der Waals surface area (Å²) in [6.45, 7) is 1.05. The van der Waals surface area contributed by atoms with Crippen LogP contribution in [0.15, 0.2) is 46.7 Å². The van der Waals surface area contributed by atoms with Gasteiger partial charge in [0, 0.05) is 24.0 Å². The lowest BCUT2D eigenvalue weighted by molar-refractivity contribution is 0.509. The molecular formula is C20H16Cl2F2N2O2S2. The summed E-state index contributed by atoms with van der Waals surface area (Å²) in [5.74, 6) is -1.82. The number of nitrogens with zero attached hydrogens (tertiary/aromatic N) is 2. The molecule has 0 atom stereocenters. The Kier molecular flexibility index (Phi) is 6.03. The van der Waals surface area contributed by atoms with E-state index in [2.05, 4.69) is 4.98 Å². The summed E-state index contributed by atoms with van der Waals surface area (Å²) in [4.78, 5) is 6.70. The average molecular weight is 489 g/mol. The first kappa shape index (κ1) is 21.5. The summed E-state index contributed by atoms with van der Waals surface area (Å²) in [5, 5.41) is 2.51. The van der Waals surface area contributed by atoms with Gasteiger partial charge in [-0.05, 0) is 49.2 Å². The topological polar surface area (TPSA) is 50.3 Å². The zero-order valence-corrected chi connectivity index (χ0v) is 18.6. The summed E-state index contributed by atoms with van der Waals surface area (Å²) in [6, 6.07) is 8.02. The number of rotatable bonds is 4. The van der Waals surface area contributed by atoms with Gasteiger partial charge in [-0.3, -0.25) is 0 Å². The molecule has 0 amide bonds. The molecule has 2 heterocycles. The van der Waals surface area contributed by atoms with Gasteiger partial charge in [0.1, 0.15) is 0 Å². The molecule has 0 spiro atoms. The Morgan fingerprint density at radius 2 is 1.73 bits per heavy atom. The molecule has 0 N–H and O–H groups in total. The first-order chi connectivity index (χ1) is 14.3. The molecule has 4 nitrogen and oxygen atoms in total. The van der Waals surface area contributed by atoms with Gasteiger partial charge in [-0.15, -0.1) is 11.3 Å². The van der Waals surface area contributed by atoms with Crippen molar-refractivity contribution in [3.05, 3.63) is 63.5 Å². The summed E-state index contributed by atoms with van der Waals surface area (Å²) >= 11 is 13.3. The summed E-state index contributed by atoms with van der Waals surface area (Å²) in [5.41, 5.74) is 1.05. The smallest absolute Gasteiger partial charge is 0.185 e. The molecule has 10 heteroatoms. The van der Waals surface area contributed by atoms with Crippen LogP contribution in [0.1, 0.15) is 12.8 Å². The summed E-state index contributed by atoms with van der Waals surface area (Å²) < 4.78 is 52.5. The highest BCUT2D eigenvalue weighted by atomic mass is 35.5. The third kappa shape index (κ3) is 4.19. The Hall–Kier alpha value is -1.74. The van der Waals surface area contributed by atoms with Gasteiger partial charge in [0.05, 0.1) is 25.9 Å². The van der Waals surface area contributed by atoms with Gasteiger partial charge in [-0.2, -0.15) is 0 Å². The molecule has 3 aromatic rings. The second kappa shape index (κ2) is 8.42. The maximum absolute atomic E-state index is 13.5. The van der Waals surface area contributed by atoms with E-state index in [1.807, 2.05) is 4.90 Å². The zero-order chi connectivity index (χ0) is 21.5. The predicted molar refractivity (Wildman–Crippen MR) is 116 cm³/mol. The van der Waals surface area contributed by atoms with Crippen LogP contribution in [0, 0.1) is 11.6 Å². The van der Waals surface area contributed by atoms with Gasteiger partial charge >= 0.3 is 0 Å². The highest BCUT2D eigenvalue weighted by Crippen LogP contribution is 2.33. The minimum Gasteiger partial charge on any atom is -0.348 e. The standard InChI is InChI=1S/C20H16Cl2F2N2O2S2/c21-15-3-2-14(10-16(15)22)30(27,28)13-5-7-26(8-6-13)20-25-19(11-29-20)12-1-4-17(23)18(24)9-12/h1-4,9-11,13H,5-8H2. The van der Waals surface area contributed by atoms with Gasteiger partial charge in [-0.1, -0.05) is 23.2 Å². The maximum Gasteiger partial charge on any atom is 0.185 e. The summed E-state index contributed by atoms with van der Waals surface area (Å²) in [7, 11) is -3.52. The lowest BCUT2D eigenvalue weighted by atomic mass is 10.1. The van der Waals surface area contributed by atoms with Gasteiger partial charge < -0.3 is 4.90 Å². The Bertz CT molecular complexity index is 1190. The van der Waals surface area contributed by atoms with Crippen LogP contribution in [0.3, 0.4) is 0 Å². The van der Waals surface area contributed by atoms with Crippen molar-refractivity contribution in [2.45, 2.75) is 23.0 Å². The number of hydrogen-bond donors (Lipinski definition) is 0. The van der Waals surface area contributed by atoms with Crippen LogP contribution in [0.5, 0.6) is 0 Å². The number of hydrogen-bond acceptors (Lipinski definition) is 5. The van der Waals surface area contributed by atoms with Crippen LogP contribution >= 0.6 is 34.5 Å². The van der Waals surface area contributed by atoms with Crippen molar-refractivity contribution in [2.24, 2.45) is 0 Å². The number of thiazole rings is 1. The fourth-order valence-corrected chi connectivity index (χ4v) is 6.41. The maximum atomic E-state index is 13.5. The van der Waals surface area contributed by atoms with Crippen LogP contribution in [0.2, 0.25) is 10.0 Å². The fourth-order valence-electron chi connectivity index (χ4n) is 3.40. The fraction of sp³-hybridized carbons (Fsp3) is 0.250. The van der Waals surface area contributed by atoms with E-state index in [0.717, 1.165) is 17.3 Å². The average Bonchev–Trinajstić information content (AvgIpc) is 3.22. The van der Waals surface area contributed by atoms with Crippen molar-refractivity contribution in [3.8, 4) is 11.3 Å². The quantitative estimate of drug-likeness (QED) is 0.462. The number of aromatic nitrogens is 1. The molecule has 1 aliphatic heterocycles. The molecule has 158 valence electrons. The molecule has 1 aromatic heterocycles. The van der Waals surface area contributed by atoms with E-state index < -0.39 is 26.7 Å².